The van der Waals surface area contributed by atoms with Gasteiger partial charge in [0, 0.05) is 11.4 Å². The molecule has 94 valence electrons. The van der Waals surface area contributed by atoms with Gasteiger partial charge in [-0.3, -0.25) is 4.79 Å². The van der Waals surface area contributed by atoms with Gasteiger partial charge in [-0.1, -0.05) is 29.8 Å². The first kappa shape index (κ1) is 13.1. The summed E-state index contributed by atoms with van der Waals surface area (Å²) < 4.78 is 0. The number of rotatable bonds is 2. The van der Waals surface area contributed by atoms with Crippen LogP contribution in [0.1, 0.15) is 24.8 Å². The molecular formula is C14H15ClN2O. The van der Waals surface area contributed by atoms with Gasteiger partial charge in [-0.2, -0.15) is 5.26 Å². The van der Waals surface area contributed by atoms with E-state index in [-0.39, 0.29) is 11.7 Å². The van der Waals surface area contributed by atoms with Crippen LogP contribution in [0.25, 0.3) is 0 Å². The summed E-state index contributed by atoms with van der Waals surface area (Å²) in [4.78, 5) is 12.4. The zero-order valence-electron chi connectivity index (χ0n) is 10.2. The average molecular weight is 263 g/mol. The van der Waals surface area contributed by atoms with Crippen LogP contribution in [0.4, 0.5) is 0 Å². The van der Waals surface area contributed by atoms with Gasteiger partial charge >= 0.3 is 0 Å². The number of nitrogens with one attached hydrogen (secondary N) is 1. The lowest BCUT2D eigenvalue weighted by molar-refractivity contribution is -0.129. The van der Waals surface area contributed by atoms with Crippen molar-refractivity contribution in [3.63, 3.8) is 0 Å². The van der Waals surface area contributed by atoms with Crippen LogP contribution in [0.2, 0.25) is 5.02 Å². The number of hydrogen-bond donors (Lipinski definition) is 1. The highest BCUT2D eigenvalue weighted by Crippen LogP contribution is 2.41. The van der Waals surface area contributed by atoms with E-state index in [0.717, 1.165) is 6.42 Å². The Morgan fingerprint density at radius 3 is 2.83 bits per heavy atom. The molecule has 2 atom stereocenters. The fraction of sp³-hybridized carbons (Fsp3) is 0.429. The SMILES string of the molecule is CN[C@@]1(c2ccccc2Cl)C(=O)CCC[C@H]1C#N. The molecule has 1 fully saturated rings. The molecule has 0 amide bonds. The minimum absolute atomic E-state index is 0.0518. The van der Waals surface area contributed by atoms with Gasteiger partial charge in [-0.05, 0) is 31.5 Å². The standard InChI is InChI=1S/C14H15ClN2O/c1-17-14(11-6-2-3-7-12(11)15)10(9-16)5-4-8-13(14)18/h2-3,6-7,10,17H,4-5,8H2,1H3/t10-,14-/m0/s1. The molecular weight excluding hydrogens is 248 g/mol. The number of ketones is 1. The second-order valence-corrected chi connectivity index (χ2v) is 4.94. The highest BCUT2D eigenvalue weighted by Gasteiger charge is 2.48. The van der Waals surface area contributed by atoms with Crippen molar-refractivity contribution in [2.45, 2.75) is 24.8 Å². The van der Waals surface area contributed by atoms with E-state index in [1.54, 1.807) is 13.1 Å². The molecule has 4 heteroatoms. The van der Waals surface area contributed by atoms with Gasteiger partial charge in [0.1, 0.15) is 5.54 Å². The number of hydrogen-bond acceptors (Lipinski definition) is 3. The number of likely N-dealkylation sites (N-methyl/N-ethyl adjacent to an activating group) is 1. The summed E-state index contributed by atoms with van der Waals surface area (Å²) in [5.74, 6) is -0.320. The molecule has 1 N–H and O–H groups in total. The normalized spacial score (nSPS) is 27.8. The smallest absolute Gasteiger partial charge is 0.158 e. The molecule has 3 nitrogen and oxygen atoms in total. The molecule has 0 aliphatic heterocycles. The van der Waals surface area contributed by atoms with Crippen LogP contribution < -0.4 is 5.32 Å². The first-order chi connectivity index (χ1) is 8.66. The van der Waals surface area contributed by atoms with Crippen molar-refractivity contribution in [2.24, 2.45) is 5.92 Å². The number of carbonyl (C=O) groups excluding carboxylic acids is 1. The summed E-state index contributed by atoms with van der Waals surface area (Å²) >= 11 is 6.21. The number of Topliss-reactive ketones (excluding diaryl/α,β-unsaturated/α-hetero) is 1. The van der Waals surface area contributed by atoms with Gasteiger partial charge in [-0.15, -0.1) is 0 Å². The number of carbonyl (C=O) groups is 1. The van der Waals surface area contributed by atoms with Gasteiger partial charge in [0.2, 0.25) is 0 Å². The van der Waals surface area contributed by atoms with Gasteiger partial charge < -0.3 is 5.32 Å². The molecule has 1 saturated carbocycles. The Kier molecular flexibility index (Phi) is 3.70. The Hall–Kier alpha value is -1.37. The zero-order chi connectivity index (χ0) is 13.2. The Morgan fingerprint density at radius 1 is 1.50 bits per heavy atom. The van der Waals surface area contributed by atoms with Crippen LogP contribution in [0, 0.1) is 17.2 Å². The minimum Gasteiger partial charge on any atom is -0.303 e. The van der Waals surface area contributed by atoms with Crippen molar-refractivity contribution in [1.82, 2.24) is 5.32 Å². The van der Waals surface area contributed by atoms with Crippen molar-refractivity contribution in [1.29, 1.82) is 5.26 Å². The summed E-state index contributed by atoms with van der Waals surface area (Å²) in [6, 6.07) is 9.51. The van der Waals surface area contributed by atoms with Crippen LogP contribution in [-0.4, -0.2) is 12.8 Å². The van der Waals surface area contributed by atoms with E-state index in [2.05, 4.69) is 11.4 Å². The molecule has 0 spiro atoms. The topological polar surface area (TPSA) is 52.9 Å². The Labute approximate surface area is 112 Å². The van der Waals surface area contributed by atoms with Gasteiger partial charge in [0.25, 0.3) is 0 Å². The van der Waals surface area contributed by atoms with E-state index in [1.807, 2.05) is 18.2 Å². The van der Waals surface area contributed by atoms with E-state index in [0.29, 0.717) is 23.4 Å². The molecule has 0 unspecified atom stereocenters. The Balaban J connectivity index is 2.62. The first-order valence-electron chi connectivity index (χ1n) is 6.03. The van der Waals surface area contributed by atoms with Crippen LogP contribution in [0.3, 0.4) is 0 Å². The fourth-order valence-electron chi connectivity index (χ4n) is 2.80. The van der Waals surface area contributed by atoms with Crippen LogP contribution in [0.15, 0.2) is 24.3 Å². The summed E-state index contributed by atoms with van der Waals surface area (Å²) in [7, 11) is 1.72. The summed E-state index contributed by atoms with van der Waals surface area (Å²) in [5.41, 5.74) is -0.240. The highest BCUT2D eigenvalue weighted by atomic mass is 35.5. The second-order valence-electron chi connectivity index (χ2n) is 4.53. The molecule has 1 aromatic carbocycles. The highest BCUT2D eigenvalue weighted by molar-refractivity contribution is 6.31. The van der Waals surface area contributed by atoms with Gasteiger partial charge in [0.05, 0.1) is 12.0 Å². The summed E-state index contributed by atoms with van der Waals surface area (Å²) in [6.45, 7) is 0. The monoisotopic (exact) mass is 262 g/mol. The molecule has 1 aliphatic carbocycles. The quantitative estimate of drug-likeness (QED) is 0.891. The molecule has 18 heavy (non-hydrogen) atoms. The minimum atomic E-state index is -0.953. The van der Waals surface area contributed by atoms with E-state index in [4.69, 9.17) is 11.6 Å². The lowest BCUT2D eigenvalue weighted by Crippen LogP contribution is -2.55. The van der Waals surface area contributed by atoms with E-state index < -0.39 is 5.54 Å². The van der Waals surface area contributed by atoms with E-state index in [9.17, 15) is 10.1 Å². The molecule has 0 radical (unpaired) electrons. The number of benzene rings is 1. The largest absolute Gasteiger partial charge is 0.303 e. The molecule has 0 aromatic heterocycles. The molecule has 1 aliphatic rings. The predicted octanol–water partition coefficient (Wildman–Crippen LogP) is 2.65. The number of halogens is 1. The molecule has 1 aromatic rings. The Bertz CT molecular complexity index is 509. The van der Waals surface area contributed by atoms with Crippen molar-refractivity contribution in [3.05, 3.63) is 34.9 Å². The molecule has 0 saturated heterocycles. The maximum Gasteiger partial charge on any atom is 0.158 e. The fourth-order valence-corrected chi connectivity index (χ4v) is 3.09. The van der Waals surface area contributed by atoms with E-state index >= 15 is 0 Å². The van der Waals surface area contributed by atoms with Crippen LogP contribution in [-0.2, 0) is 10.3 Å². The molecule has 2 rings (SSSR count). The molecule has 0 bridgehead atoms. The lowest BCUT2D eigenvalue weighted by Gasteiger charge is -2.40. The van der Waals surface area contributed by atoms with Crippen molar-refractivity contribution in [3.8, 4) is 6.07 Å². The third-order valence-electron chi connectivity index (χ3n) is 3.71. The average Bonchev–Trinajstić information content (AvgIpc) is 2.39. The maximum absolute atomic E-state index is 12.4. The number of nitriles is 1. The lowest BCUT2D eigenvalue weighted by atomic mass is 9.68. The third kappa shape index (κ3) is 1.82. The summed E-state index contributed by atoms with van der Waals surface area (Å²) in [5, 5.41) is 12.9. The van der Waals surface area contributed by atoms with E-state index in [1.165, 1.54) is 0 Å². The first-order valence-corrected chi connectivity index (χ1v) is 6.41. The third-order valence-corrected chi connectivity index (χ3v) is 4.04. The van der Waals surface area contributed by atoms with Crippen LogP contribution >= 0.6 is 11.6 Å². The zero-order valence-corrected chi connectivity index (χ0v) is 11.0. The van der Waals surface area contributed by atoms with Crippen molar-refractivity contribution >= 4 is 17.4 Å². The van der Waals surface area contributed by atoms with Crippen molar-refractivity contribution < 1.29 is 4.79 Å². The molecule has 0 heterocycles. The predicted molar refractivity (Wildman–Crippen MR) is 70.2 cm³/mol. The maximum atomic E-state index is 12.4. The summed E-state index contributed by atoms with van der Waals surface area (Å²) in [6.07, 6.45) is 1.98. The Morgan fingerprint density at radius 2 is 2.22 bits per heavy atom. The second kappa shape index (κ2) is 5.09. The van der Waals surface area contributed by atoms with Crippen LogP contribution in [0.5, 0.6) is 0 Å². The van der Waals surface area contributed by atoms with Gasteiger partial charge in [0.15, 0.2) is 5.78 Å². The van der Waals surface area contributed by atoms with Gasteiger partial charge in [-0.25, -0.2) is 0 Å². The van der Waals surface area contributed by atoms with Crippen molar-refractivity contribution in [2.75, 3.05) is 7.05 Å². The number of nitrogens with zero attached hydrogens (tertiary/aromatic N) is 1.